The van der Waals surface area contributed by atoms with E-state index >= 15 is 0 Å². The normalized spacial score (nSPS) is 40.9. The summed E-state index contributed by atoms with van der Waals surface area (Å²) in [5.41, 5.74) is 3.55. The van der Waals surface area contributed by atoms with Gasteiger partial charge in [-0.1, -0.05) is 12.2 Å². The Bertz CT molecular complexity index is 495. The molecular formula is C11H7NO2. The molecular weight excluding hydrogens is 178 g/mol. The van der Waals surface area contributed by atoms with Crippen LogP contribution in [0, 0.1) is 17.8 Å². The summed E-state index contributed by atoms with van der Waals surface area (Å²) in [6.07, 6.45) is 6.16. The van der Waals surface area contributed by atoms with Crippen molar-refractivity contribution in [1.29, 1.82) is 0 Å². The zero-order valence-electron chi connectivity index (χ0n) is 7.28. The summed E-state index contributed by atoms with van der Waals surface area (Å²) in [6.45, 7) is 0. The smallest absolute Gasteiger partial charge is 0.234 e. The van der Waals surface area contributed by atoms with Gasteiger partial charge in [-0.3, -0.25) is 14.9 Å². The third kappa shape index (κ3) is 0.531. The van der Waals surface area contributed by atoms with E-state index in [9.17, 15) is 9.59 Å². The van der Waals surface area contributed by atoms with Crippen LogP contribution in [-0.2, 0) is 9.59 Å². The number of hydrogen-bond donors (Lipinski definition) is 1. The van der Waals surface area contributed by atoms with Crippen LogP contribution in [0.4, 0.5) is 0 Å². The lowest BCUT2D eigenvalue weighted by molar-refractivity contribution is -0.126. The van der Waals surface area contributed by atoms with E-state index in [2.05, 4.69) is 17.5 Å². The highest BCUT2D eigenvalue weighted by molar-refractivity contribution is 6.09. The number of allylic oxidation sites excluding steroid dienone is 5. The lowest BCUT2D eigenvalue weighted by Crippen LogP contribution is -2.32. The molecule has 3 unspecified atom stereocenters. The Hall–Kier alpha value is -1.64. The molecule has 0 aromatic rings. The van der Waals surface area contributed by atoms with Gasteiger partial charge in [0.2, 0.25) is 11.8 Å². The number of carbonyl (C=O) groups is 2. The Morgan fingerprint density at radius 3 is 2.93 bits per heavy atom. The van der Waals surface area contributed by atoms with E-state index in [4.69, 9.17) is 0 Å². The monoisotopic (exact) mass is 185 g/mol. The van der Waals surface area contributed by atoms with Gasteiger partial charge in [-0.25, -0.2) is 0 Å². The van der Waals surface area contributed by atoms with Gasteiger partial charge in [0.15, 0.2) is 0 Å². The van der Waals surface area contributed by atoms with Crippen LogP contribution in [0.15, 0.2) is 34.9 Å². The minimum absolute atomic E-state index is 0.0984. The first-order valence-corrected chi connectivity index (χ1v) is 4.76. The van der Waals surface area contributed by atoms with E-state index in [0.717, 1.165) is 5.57 Å². The average molecular weight is 185 g/mol. The van der Waals surface area contributed by atoms with Gasteiger partial charge in [-0.05, 0) is 22.8 Å². The van der Waals surface area contributed by atoms with Crippen LogP contribution < -0.4 is 5.32 Å². The fraction of sp³-hybridized carbons (Fsp3) is 0.273. The van der Waals surface area contributed by atoms with Crippen LogP contribution in [0.5, 0.6) is 0 Å². The lowest BCUT2D eigenvalue weighted by Gasteiger charge is -2.31. The van der Waals surface area contributed by atoms with Gasteiger partial charge in [0, 0.05) is 5.92 Å². The van der Waals surface area contributed by atoms with Crippen molar-refractivity contribution in [3.8, 4) is 0 Å². The van der Waals surface area contributed by atoms with Crippen molar-refractivity contribution in [3.05, 3.63) is 34.9 Å². The Labute approximate surface area is 80.2 Å². The van der Waals surface area contributed by atoms with Gasteiger partial charge in [0.05, 0.1) is 11.8 Å². The van der Waals surface area contributed by atoms with E-state index in [1.54, 1.807) is 0 Å². The highest BCUT2D eigenvalue weighted by atomic mass is 16.2. The second kappa shape index (κ2) is 1.75. The molecule has 14 heavy (non-hydrogen) atoms. The minimum Gasteiger partial charge on any atom is -0.296 e. The predicted molar refractivity (Wildman–Crippen MR) is 47.9 cm³/mol. The van der Waals surface area contributed by atoms with E-state index in [1.165, 1.54) is 11.1 Å². The molecule has 0 saturated carbocycles. The number of rotatable bonds is 0. The first-order chi connectivity index (χ1) is 6.77. The second-order valence-electron chi connectivity index (χ2n) is 4.21. The summed E-state index contributed by atoms with van der Waals surface area (Å²) in [7, 11) is 0. The number of hydrogen-bond acceptors (Lipinski definition) is 2. The molecule has 5 aliphatic rings. The Balaban J connectivity index is 1.99. The van der Waals surface area contributed by atoms with Gasteiger partial charge >= 0.3 is 0 Å². The summed E-state index contributed by atoms with van der Waals surface area (Å²) in [5.74, 6) is -0.399. The molecule has 3 atom stereocenters. The molecule has 0 aromatic carbocycles. The van der Waals surface area contributed by atoms with Gasteiger partial charge in [0.25, 0.3) is 0 Å². The molecule has 3 nitrogen and oxygen atoms in total. The molecule has 4 aliphatic carbocycles. The summed E-state index contributed by atoms with van der Waals surface area (Å²) < 4.78 is 0. The minimum atomic E-state index is -0.199. The zero-order valence-corrected chi connectivity index (χ0v) is 7.28. The van der Waals surface area contributed by atoms with Crippen LogP contribution in [0.3, 0.4) is 0 Å². The van der Waals surface area contributed by atoms with Crippen molar-refractivity contribution in [3.63, 3.8) is 0 Å². The van der Waals surface area contributed by atoms with Gasteiger partial charge in [-0.15, -0.1) is 0 Å². The fourth-order valence-electron chi connectivity index (χ4n) is 2.93. The quantitative estimate of drug-likeness (QED) is 0.552. The summed E-state index contributed by atoms with van der Waals surface area (Å²) in [5, 5.41) is 2.42. The van der Waals surface area contributed by atoms with E-state index in [1.807, 2.05) is 6.08 Å². The van der Waals surface area contributed by atoms with Crippen LogP contribution in [0.25, 0.3) is 0 Å². The van der Waals surface area contributed by atoms with Crippen molar-refractivity contribution in [2.45, 2.75) is 0 Å². The molecule has 1 heterocycles. The van der Waals surface area contributed by atoms with Crippen molar-refractivity contribution in [2.24, 2.45) is 17.8 Å². The molecule has 1 aliphatic heterocycles. The number of carbonyl (C=O) groups excluding carboxylic acids is 2. The van der Waals surface area contributed by atoms with E-state index < -0.39 is 0 Å². The highest BCUT2D eigenvalue weighted by Crippen LogP contribution is 2.56. The van der Waals surface area contributed by atoms with E-state index in [0.29, 0.717) is 0 Å². The maximum absolute atomic E-state index is 11.6. The molecule has 2 amide bonds. The highest BCUT2D eigenvalue weighted by Gasteiger charge is 2.55. The number of amides is 2. The maximum atomic E-state index is 11.6. The Morgan fingerprint density at radius 2 is 2.07 bits per heavy atom. The molecule has 0 aromatic heterocycles. The zero-order chi connectivity index (χ0) is 9.45. The predicted octanol–water partition coefficient (Wildman–Crippen LogP) is 0.311. The fourth-order valence-corrected chi connectivity index (χ4v) is 2.93. The van der Waals surface area contributed by atoms with Gasteiger partial charge in [0.1, 0.15) is 0 Å². The van der Waals surface area contributed by atoms with Gasteiger partial charge in [-0.2, -0.15) is 0 Å². The second-order valence-corrected chi connectivity index (χ2v) is 4.21. The van der Waals surface area contributed by atoms with Crippen molar-refractivity contribution in [2.75, 3.05) is 0 Å². The first kappa shape index (κ1) is 6.76. The van der Waals surface area contributed by atoms with Crippen molar-refractivity contribution >= 4 is 11.8 Å². The topological polar surface area (TPSA) is 46.2 Å². The van der Waals surface area contributed by atoms with E-state index in [-0.39, 0.29) is 29.6 Å². The standard InChI is InChI=1S/C11H7NO2/c13-10-8-4-1-2-5(7-3-6(4)7)9(8)11(14)12-10/h1-4,8-9H,(H,12,13,14). The molecule has 0 spiro atoms. The lowest BCUT2D eigenvalue weighted by atomic mass is 9.69. The summed E-state index contributed by atoms with van der Waals surface area (Å²) in [4.78, 5) is 23.1. The maximum Gasteiger partial charge on any atom is 0.234 e. The van der Waals surface area contributed by atoms with Crippen LogP contribution in [0.2, 0.25) is 0 Å². The van der Waals surface area contributed by atoms with Crippen LogP contribution >= 0.6 is 0 Å². The molecule has 68 valence electrons. The largest absolute Gasteiger partial charge is 0.296 e. The molecule has 1 saturated heterocycles. The van der Waals surface area contributed by atoms with Crippen LogP contribution in [0.1, 0.15) is 0 Å². The molecule has 0 radical (unpaired) electrons. The Morgan fingerprint density at radius 1 is 1.21 bits per heavy atom. The van der Waals surface area contributed by atoms with Crippen molar-refractivity contribution in [1.82, 2.24) is 5.32 Å². The van der Waals surface area contributed by atoms with Crippen molar-refractivity contribution < 1.29 is 9.59 Å². The molecule has 1 N–H and O–H groups in total. The van der Waals surface area contributed by atoms with Gasteiger partial charge < -0.3 is 0 Å². The summed E-state index contributed by atoms with van der Waals surface area (Å²) >= 11 is 0. The number of imide groups is 1. The molecule has 2 bridgehead atoms. The number of nitrogens with one attached hydrogen (secondary N) is 1. The first-order valence-electron chi connectivity index (χ1n) is 4.76. The molecule has 1 fully saturated rings. The Kier molecular flexibility index (Phi) is 0.847. The average Bonchev–Trinajstić information content (AvgIpc) is 2.92. The third-order valence-electron chi connectivity index (χ3n) is 3.59. The third-order valence-corrected chi connectivity index (χ3v) is 3.59. The van der Waals surface area contributed by atoms with Crippen LogP contribution in [-0.4, -0.2) is 11.8 Å². The SMILES string of the molecule is O=C1NC(=O)C2C3C=CC(=C4C=C43)C12. The summed E-state index contributed by atoms with van der Waals surface area (Å²) in [6, 6.07) is 0. The molecule has 3 heteroatoms. The molecule has 5 rings (SSSR count).